The molecule has 0 N–H and O–H groups in total. The number of rotatable bonds is 4. The summed E-state index contributed by atoms with van der Waals surface area (Å²) < 4.78 is 0. The Balaban J connectivity index is 2.59. The largest absolute Gasteiger partial charge is 0.286 e. The van der Waals surface area contributed by atoms with Crippen molar-refractivity contribution in [2.24, 2.45) is 0 Å². The Hall–Kier alpha value is -2.83. The Bertz CT molecular complexity index is 615. The lowest BCUT2D eigenvalue weighted by atomic mass is 10.0. The van der Waals surface area contributed by atoms with Gasteiger partial charge in [0.2, 0.25) is 0 Å². The van der Waals surface area contributed by atoms with Crippen LogP contribution in [-0.2, 0) is 0 Å². The van der Waals surface area contributed by atoms with Crippen molar-refractivity contribution < 1.29 is 9.85 Å². The van der Waals surface area contributed by atoms with Crippen molar-refractivity contribution in [1.29, 1.82) is 0 Å². The third kappa shape index (κ3) is 2.54. The standard InChI is InChI=1S/C12H9N3O4/c16-14(17)11-7-2-1-5-9(11)12(15(18)19)10-6-3-4-8-13-10/h1-8,12H. The molecule has 0 aliphatic carbocycles. The van der Waals surface area contributed by atoms with Crippen LogP contribution in [0.25, 0.3) is 0 Å². The second-order valence-electron chi connectivity index (χ2n) is 3.76. The molecule has 0 bridgehead atoms. The summed E-state index contributed by atoms with van der Waals surface area (Å²) in [4.78, 5) is 24.9. The van der Waals surface area contributed by atoms with E-state index < -0.39 is 15.9 Å². The molecule has 1 aromatic heterocycles. The van der Waals surface area contributed by atoms with Gasteiger partial charge in [0.15, 0.2) is 0 Å². The molecule has 19 heavy (non-hydrogen) atoms. The predicted octanol–water partition coefficient (Wildman–Crippen LogP) is 2.36. The summed E-state index contributed by atoms with van der Waals surface area (Å²) in [7, 11) is 0. The lowest BCUT2D eigenvalue weighted by Gasteiger charge is -2.09. The number of para-hydroxylation sites is 1. The van der Waals surface area contributed by atoms with Crippen LogP contribution in [0.2, 0.25) is 0 Å². The lowest BCUT2D eigenvalue weighted by Crippen LogP contribution is -2.15. The Labute approximate surface area is 107 Å². The SMILES string of the molecule is O=[N+]([O-])c1ccccc1C(c1ccccn1)[N+](=O)[O-]. The Kier molecular flexibility index (Phi) is 3.46. The third-order valence-corrected chi connectivity index (χ3v) is 2.61. The molecule has 1 heterocycles. The molecule has 0 spiro atoms. The van der Waals surface area contributed by atoms with Gasteiger partial charge < -0.3 is 0 Å². The Morgan fingerprint density at radius 1 is 1.00 bits per heavy atom. The summed E-state index contributed by atoms with van der Waals surface area (Å²) in [5.41, 5.74) is -0.0900. The zero-order valence-corrected chi connectivity index (χ0v) is 9.67. The molecule has 2 aromatic rings. The van der Waals surface area contributed by atoms with Crippen molar-refractivity contribution in [2.45, 2.75) is 6.04 Å². The van der Waals surface area contributed by atoms with Gasteiger partial charge in [-0.1, -0.05) is 18.2 Å². The third-order valence-electron chi connectivity index (χ3n) is 2.61. The maximum absolute atomic E-state index is 11.2. The van der Waals surface area contributed by atoms with E-state index in [1.165, 1.54) is 36.5 Å². The molecule has 1 unspecified atom stereocenters. The van der Waals surface area contributed by atoms with Crippen LogP contribution in [0.5, 0.6) is 0 Å². The van der Waals surface area contributed by atoms with Crippen molar-refractivity contribution in [3.05, 3.63) is 80.1 Å². The molecule has 0 radical (unpaired) electrons. The summed E-state index contributed by atoms with van der Waals surface area (Å²) in [6, 6.07) is 8.98. The van der Waals surface area contributed by atoms with Gasteiger partial charge in [0, 0.05) is 17.2 Å². The maximum atomic E-state index is 11.2. The van der Waals surface area contributed by atoms with Crippen LogP contribution < -0.4 is 0 Å². The van der Waals surface area contributed by atoms with E-state index in [-0.39, 0.29) is 16.9 Å². The predicted molar refractivity (Wildman–Crippen MR) is 66.2 cm³/mol. The molecule has 0 saturated heterocycles. The van der Waals surface area contributed by atoms with Crippen molar-refractivity contribution in [1.82, 2.24) is 4.98 Å². The zero-order valence-electron chi connectivity index (χ0n) is 9.67. The molecule has 7 nitrogen and oxygen atoms in total. The number of nitro benzene ring substituents is 1. The fourth-order valence-corrected chi connectivity index (χ4v) is 1.80. The topological polar surface area (TPSA) is 99.2 Å². The number of benzene rings is 1. The molecule has 1 atom stereocenters. The molecule has 1 aromatic carbocycles. The van der Waals surface area contributed by atoms with Gasteiger partial charge >= 0.3 is 0 Å². The average molecular weight is 259 g/mol. The van der Waals surface area contributed by atoms with Gasteiger partial charge in [0.25, 0.3) is 11.7 Å². The van der Waals surface area contributed by atoms with E-state index in [1.807, 2.05) is 0 Å². The molecule has 0 fully saturated rings. The summed E-state index contributed by atoms with van der Waals surface area (Å²) in [5.74, 6) is 0. The molecule has 2 rings (SSSR count). The molecule has 0 saturated carbocycles. The van der Waals surface area contributed by atoms with Gasteiger partial charge in [0.1, 0.15) is 11.3 Å². The summed E-state index contributed by atoms with van der Waals surface area (Å²) in [6.07, 6.45) is 1.42. The van der Waals surface area contributed by atoms with E-state index in [0.29, 0.717) is 0 Å². The van der Waals surface area contributed by atoms with E-state index in [1.54, 1.807) is 12.1 Å². The molecular weight excluding hydrogens is 250 g/mol. The summed E-state index contributed by atoms with van der Waals surface area (Å²) in [5, 5.41) is 22.2. The molecule has 96 valence electrons. The van der Waals surface area contributed by atoms with Crippen LogP contribution in [0.4, 0.5) is 5.69 Å². The van der Waals surface area contributed by atoms with Crippen LogP contribution >= 0.6 is 0 Å². The first-order valence-corrected chi connectivity index (χ1v) is 5.39. The Morgan fingerprint density at radius 3 is 2.26 bits per heavy atom. The van der Waals surface area contributed by atoms with Crippen LogP contribution in [0, 0.1) is 20.2 Å². The van der Waals surface area contributed by atoms with E-state index in [0.717, 1.165) is 0 Å². The zero-order chi connectivity index (χ0) is 13.8. The van der Waals surface area contributed by atoms with Crippen molar-refractivity contribution >= 4 is 5.69 Å². The minimum absolute atomic E-state index is 0.0243. The highest BCUT2D eigenvalue weighted by molar-refractivity contribution is 5.44. The highest BCUT2D eigenvalue weighted by atomic mass is 16.6. The fourth-order valence-electron chi connectivity index (χ4n) is 1.80. The van der Waals surface area contributed by atoms with Gasteiger partial charge in [0.05, 0.1) is 4.92 Å². The van der Waals surface area contributed by atoms with Gasteiger partial charge in [-0.15, -0.1) is 0 Å². The van der Waals surface area contributed by atoms with Gasteiger partial charge in [-0.2, -0.15) is 0 Å². The highest BCUT2D eigenvalue weighted by Gasteiger charge is 2.33. The van der Waals surface area contributed by atoms with E-state index >= 15 is 0 Å². The number of hydrogen-bond acceptors (Lipinski definition) is 5. The van der Waals surface area contributed by atoms with E-state index in [4.69, 9.17) is 0 Å². The second kappa shape index (κ2) is 5.21. The molecular formula is C12H9N3O4. The van der Waals surface area contributed by atoms with Crippen molar-refractivity contribution in [3.8, 4) is 0 Å². The quantitative estimate of drug-likeness (QED) is 0.619. The van der Waals surface area contributed by atoms with Crippen LogP contribution in [0.1, 0.15) is 17.3 Å². The normalized spacial score (nSPS) is 11.8. The van der Waals surface area contributed by atoms with Gasteiger partial charge in [-0.3, -0.25) is 25.2 Å². The minimum Gasteiger partial charge on any atom is -0.263 e. The fraction of sp³-hybridized carbons (Fsp3) is 0.0833. The maximum Gasteiger partial charge on any atom is 0.286 e. The molecule has 0 amide bonds. The van der Waals surface area contributed by atoms with Crippen LogP contribution in [-0.4, -0.2) is 14.8 Å². The first kappa shape index (κ1) is 12.6. The second-order valence-corrected chi connectivity index (χ2v) is 3.76. The number of aromatic nitrogens is 1. The molecule has 7 heteroatoms. The van der Waals surface area contributed by atoms with Crippen molar-refractivity contribution in [3.63, 3.8) is 0 Å². The highest BCUT2D eigenvalue weighted by Crippen LogP contribution is 2.30. The number of hydrogen-bond donors (Lipinski definition) is 0. The first-order valence-electron chi connectivity index (χ1n) is 5.39. The lowest BCUT2D eigenvalue weighted by molar-refractivity contribution is -0.519. The van der Waals surface area contributed by atoms with Crippen LogP contribution in [0.15, 0.2) is 48.7 Å². The number of nitrogens with zero attached hydrogens (tertiary/aromatic N) is 3. The van der Waals surface area contributed by atoms with Crippen molar-refractivity contribution in [2.75, 3.05) is 0 Å². The summed E-state index contributed by atoms with van der Waals surface area (Å²) in [6.45, 7) is 0. The smallest absolute Gasteiger partial charge is 0.263 e. The number of pyridine rings is 1. The molecule has 0 aliphatic heterocycles. The van der Waals surface area contributed by atoms with Gasteiger partial charge in [-0.25, -0.2) is 0 Å². The van der Waals surface area contributed by atoms with Crippen LogP contribution in [0.3, 0.4) is 0 Å². The Morgan fingerprint density at radius 2 is 1.68 bits per heavy atom. The minimum atomic E-state index is -1.34. The summed E-state index contributed by atoms with van der Waals surface area (Å²) >= 11 is 0. The van der Waals surface area contributed by atoms with Gasteiger partial charge in [-0.05, 0) is 18.2 Å². The molecule has 0 aliphatic rings. The number of nitro groups is 2. The first-order chi connectivity index (χ1) is 9.11. The van der Waals surface area contributed by atoms with E-state index in [9.17, 15) is 20.2 Å². The van der Waals surface area contributed by atoms with E-state index in [2.05, 4.69) is 4.98 Å². The average Bonchev–Trinajstić information content (AvgIpc) is 2.40. The monoisotopic (exact) mass is 259 g/mol.